The molecule has 136 valence electrons. The molecule has 0 saturated heterocycles. The molecule has 7 heteroatoms. The number of carbonyl (C=O) groups excluding carboxylic acids is 1. The number of fused-ring (bicyclic) bond motifs is 1. The van der Waals surface area contributed by atoms with Gasteiger partial charge < -0.3 is 19.3 Å². The van der Waals surface area contributed by atoms with Crippen LogP contribution in [0.25, 0.3) is 11.0 Å². The number of benzene rings is 1. The molecule has 2 N–H and O–H groups in total. The summed E-state index contributed by atoms with van der Waals surface area (Å²) in [5, 5.41) is 13.7. The van der Waals surface area contributed by atoms with Gasteiger partial charge in [-0.1, -0.05) is 18.2 Å². The molecule has 4 aromatic rings. The highest BCUT2D eigenvalue weighted by Gasteiger charge is 2.17. The Labute approximate surface area is 157 Å². The average Bonchev–Trinajstić information content (AvgIpc) is 3.37. The lowest BCUT2D eigenvalue weighted by Gasteiger charge is -2.05. The summed E-state index contributed by atoms with van der Waals surface area (Å²) in [6, 6.07) is 15.5. The normalized spacial score (nSPS) is 12.2. The highest BCUT2D eigenvalue weighted by Crippen LogP contribution is 2.28. The van der Waals surface area contributed by atoms with Crippen LogP contribution in [0.15, 0.2) is 74.5 Å². The standard InChI is InChI=1S/C20H15NO5S/c22-18(16-6-3-9-25-16)17-8-7-13(27-17)11-21-19(23)14-10-12-4-1-2-5-15(12)26-20(14)24/h1-10,18,22H,11H2,(H,21,23). The minimum absolute atomic E-state index is 0.0406. The van der Waals surface area contributed by atoms with Crippen LogP contribution in [0.3, 0.4) is 0 Å². The van der Waals surface area contributed by atoms with Gasteiger partial charge in [0.25, 0.3) is 5.91 Å². The van der Waals surface area contributed by atoms with E-state index in [2.05, 4.69) is 5.32 Å². The van der Waals surface area contributed by atoms with Gasteiger partial charge in [-0.3, -0.25) is 4.79 Å². The van der Waals surface area contributed by atoms with E-state index in [4.69, 9.17) is 8.83 Å². The molecule has 0 fully saturated rings. The minimum atomic E-state index is -0.845. The van der Waals surface area contributed by atoms with Crippen molar-refractivity contribution in [1.82, 2.24) is 5.32 Å². The molecule has 0 aliphatic heterocycles. The van der Waals surface area contributed by atoms with Crippen molar-refractivity contribution >= 4 is 28.2 Å². The van der Waals surface area contributed by atoms with Gasteiger partial charge in [-0.05, 0) is 36.4 Å². The predicted octanol–water partition coefficient (Wildman–Crippen LogP) is 3.46. The molecular formula is C20H15NO5S. The third-order valence-electron chi connectivity index (χ3n) is 4.07. The molecule has 0 saturated carbocycles. The fourth-order valence-electron chi connectivity index (χ4n) is 2.71. The van der Waals surface area contributed by atoms with Crippen molar-refractivity contribution in [3.63, 3.8) is 0 Å². The van der Waals surface area contributed by atoms with Crippen LogP contribution >= 0.6 is 11.3 Å². The van der Waals surface area contributed by atoms with Crippen molar-refractivity contribution in [2.24, 2.45) is 0 Å². The van der Waals surface area contributed by atoms with E-state index in [-0.39, 0.29) is 12.1 Å². The van der Waals surface area contributed by atoms with Crippen LogP contribution in [0.1, 0.15) is 32.0 Å². The number of carbonyl (C=O) groups is 1. The molecule has 3 heterocycles. The summed E-state index contributed by atoms with van der Waals surface area (Å²) in [6.45, 7) is 0.237. The zero-order valence-electron chi connectivity index (χ0n) is 14.0. The summed E-state index contributed by atoms with van der Waals surface area (Å²) in [5.74, 6) is -0.0442. The fraction of sp³-hybridized carbons (Fsp3) is 0.100. The van der Waals surface area contributed by atoms with Crippen LogP contribution in [-0.4, -0.2) is 11.0 Å². The van der Waals surface area contributed by atoms with E-state index < -0.39 is 17.6 Å². The molecule has 3 aromatic heterocycles. The highest BCUT2D eigenvalue weighted by molar-refractivity contribution is 7.12. The molecule has 6 nitrogen and oxygen atoms in total. The first-order valence-corrected chi connectivity index (χ1v) is 9.04. The number of rotatable bonds is 5. The van der Waals surface area contributed by atoms with Crippen molar-refractivity contribution in [2.45, 2.75) is 12.6 Å². The van der Waals surface area contributed by atoms with E-state index in [0.29, 0.717) is 21.6 Å². The number of hydrogen-bond donors (Lipinski definition) is 2. The van der Waals surface area contributed by atoms with Gasteiger partial charge in [-0.25, -0.2) is 4.79 Å². The van der Waals surface area contributed by atoms with Crippen molar-refractivity contribution in [3.05, 3.63) is 92.4 Å². The summed E-state index contributed by atoms with van der Waals surface area (Å²) in [7, 11) is 0. The smallest absolute Gasteiger partial charge is 0.349 e. The first-order chi connectivity index (χ1) is 13.1. The van der Waals surface area contributed by atoms with Gasteiger partial charge in [0.15, 0.2) is 0 Å². The number of para-hydroxylation sites is 1. The molecule has 27 heavy (non-hydrogen) atoms. The van der Waals surface area contributed by atoms with Gasteiger partial charge in [-0.2, -0.15) is 0 Å². The number of hydrogen-bond acceptors (Lipinski definition) is 6. The Balaban J connectivity index is 1.47. The Morgan fingerprint density at radius 1 is 1.15 bits per heavy atom. The van der Waals surface area contributed by atoms with Crippen molar-refractivity contribution in [3.8, 4) is 0 Å². The summed E-state index contributed by atoms with van der Waals surface area (Å²) in [6.07, 6.45) is 0.657. The zero-order valence-corrected chi connectivity index (χ0v) is 14.9. The SMILES string of the molecule is O=C(NCc1ccc(C(O)c2ccco2)s1)c1cc2ccccc2oc1=O. The third-order valence-corrected chi connectivity index (χ3v) is 5.21. The summed E-state index contributed by atoms with van der Waals surface area (Å²) in [4.78, 5) is 26.0. The van der Waals surface area contributed by atoms with Crippen LogP contribution in [0.4, 0.5) is 0 Å². The molecule has 1 atom stereocenters. The van der Waals surface area contributed by atoms with E-state index in [9.17, 15) is 14.7 Å². The second kappa shape index (κ2) is 7.22. The van der Waals surface area contributed by atoms with E-state index in [1.165, 1.54) is 23.7 Å². The molecule has 1 aromatic carbocycles. The predicted molar refractivity (Wildman–Crippen MR) is 101 cm³/mol. The summed E-state index contributed by atoms with van der Waals surface area (Å²) < 4.78 is 10.4. The number of nitrogens with one attached hydrogen (secondary N) is 1. The number of furan rings is 1. The summed E-state index contributed by atoms with van der Waals surface area (Å²) in [5.41, 5.74) is -0.277. The molecule has 4 rings (SSSR count). The first kappa shape index (κ1) is 17.3. The van der Waals surface area contributed by atoms with Gasteiger partial charge in [0.2, 0.25) is 0 Å². The van der Waals surface area contributed by atoms with Crippen LogP contribution in [0.2, 0.25) is 0 Å². The molecule has 0 radical (unpaired) electrons. The van der Waals surface area contributed by atoms with E-state index >= 15 is 0 Å². The fourth-order valence-corrected chi connectivity index (χ4v) is 3.65. The lowest BCUT2D eigenvalue weighted by atomic mass is 10.2. The van der Waals surface area contributed by atoms with Crippen molar-refractivity contribution < 1.29 is 18.7 Å². The number of amides is 1. The number of aliphatic hydroxyl groups excluding tert-OH is 1. The lowest BCUT2D eigenvalue weighted by Crippen LogP contribution is -2.27. The molecule has 0 aliphatic rings. The van der Waals surface area contributed by atoms with Crippen LogP contribution < -0.4 is 10.9 Å². The number of aliphatic hydroxyl groups is 1. The van der Waals surface area contributed by atoms with Crippen LogP contribution in [0, 0.1) is 0 Å². The maximum atomic E-state index is 12.4. The third kappa shape index (κ3) is 3.55. The Hall–Kier alpha value is -3.16. The van der Waals surface area contributed by atoms with Gasteiger partial charge in [-0.15, -0.1) is 11.3 Å². The Morgan fingerprint density at radius 2 is 2.00 bits per heavy atom. The van der Waals surface area contributed by atoms with E-state index in [0.717, 1.165) is 4.88 Å². The average molecular weight is 381 g/mol. The Morgan fingerprint density at radius 3 is 2.81 bits per heavy atom. The van der Waals surface area contributed by atoms with Crippen molar-refractivity contribution in [2.75, 3.05) is 0 Å². The maximum Gasteiger partial charge on any atom is 0.349 e. The van der Waals surface area contributed by atoms with Gasteiger partial charge >= 0.3 is 5.63 Å². The molecule has 1 amide bonds. The highest BCUT2D eigenvalue weighted by atomic mass is 32.1. The minimum Gasteiger partial charge on any atom is -0.466 e. The second-order valence-corrected chi connectivity index (χ2v) is 7.09. The quantitative estimate of drug-likeness (QED) is 0.517. The molecule has 1 unspecified atom stereocenters. The molecule has 0 spiro atoms. The molecule has 0 bridgehead atoms. The molecular weight excluding hydrogens is 366 g/mol. The maximum absolute atomic E-state index is 12.4. The molecule has 0 aliphatic carbocycles. The first-order valence-electron chi connectivity index (χ1n) is 8.23. The lowest BCUT2D eigenvalue weighted by molar-refractivity contribution is 0.0948. The largest absolute Gasteiger partial charge is 0.466 e. The number of thiophene rings is 1. The summed E-state index contributed by atoms with van der Waals surface area (Å²) >= 11 is 1.36. The monoisotopic (exact) mass is 381 g/mol. The van der Waals surface area contributed by atoms with E-state index in [1.807, 2.05) is 12.1 Å². The van der Waals surface area contributed by atoms with E-state index in [1.54, 1.807) is 36.4 Å². The zero-order chi connectivity index (χ0) is 18.8. The van der Waals surface area contributed by atoms with Crippen LogP contribution in [0.5, 0.6) is 0 Å². The van der Waals surface area contributed by atoms with Crippen molar-refractivity contribution in [1.29, 1.82) is 0 Å². The van der Waals surface area contributed by atoms with Gasteiger partial charge in [0.05, 0.1) is 12.8 Å². The Kier molecular flexibility index (Phi) is 4.62. The van der Waals surface area contributed by atoms with Crippen LogP contribution in [-0.2, 0) is 6.54 Å². The van der Waals surface area contributed by atoms with Gasteiger partial charge in [0.1, 0.15) is 23.0 Å². The topological polar surface area (TPSA) is 92.7 Å². The Bertz CT molecular complexity index is 1140. The van der Waals surface area contributed by atoms with Gasteiger partial charge in [0, 0.05) is 15.1 Å². The second-order valence-electron chi connectivity index (χ2n) is 5.89.